The van der Waals surface area contributed by atoms with Crippen LogP contribution in [0.3, 0.4) is 0 Å². The Morgan fingerprint density at radius 1 is 1.17 bits per heavy atom. The minimum absolute atomic E-state index is 0.229. The number of nitrogens with zero attached hydrogens (tertiary/aromatic N) is 1. The van der Waals surface area contributed by atoms with E-state index in [9.17, 15) is 26.4 Å². The number of halogens is 3. The van der Waals surface area contributed by atoms with Gasteiger partial charge in [-0.1, -0.05) is 12.1 Å². The number of ether oxygens (including phenoxy) is 1. The predicted molar refractivity (Wildman–Crippen MR) is 105 cm³/mol. The van der Waals surface area contributed by atoms with Gasteiger partial charge in [-0.15, -0.1) is 13.2 Å². The van der Waals surface area contributed by atoms with Gasteiger partial charge in [-0.05, 0) is 55.6 Å². The van der Waals surface area contributed by atoms with Crippen molar-refractivity contribution in [3.8, 4) is 5.75 Å². The van der Waals surface area contributed by atoms with Crippen LogP contribution in [0, 0.1) is 0 Å². The van der Waals surface area contributed by atoms with Crippen LogP contribution in [0.1, 0.15) is 6.92 Å². The molecule has 0 atom stereocenters. The van der Waals surface area contributed by atoms with Crippen molar-refractivity contribution in [2.75, 3.05) is 11.9 Å². The number of sulfone groups is 1. The highest BCUT2D eigenvalue weighted by Gasteiger charge is 2.34. The van der Waals surface area contributed by atoms with Crippen LogP contribution in [0.2, 0.25) is 0 Å². The summed E-state index contributed by atoms with van der Waals surface area (Å²) in [4.78, 5) is 14.5. The molecule has 0 saturated heterocycles. The Morgan fingerprint density at radius 2 is 1.80 bits per heavy atom. The molecule has 0 saturated carbocycles. The second-order valence-corrected chi connectivity index (χ2v) is 7.91. The molecule has 7 nitrogen and oxygen atoms in total. The second kappa shape index (κ2) is 9.44. The topological polar surface area (TPSA) is 96.9 Å². The SMILES string of the molecule is C=N/C=C(\C)CNC(=O)Nc1ccc(S(=O)(=O)c2ccccc2OC(F)(F)F)cc1. The van der Waals surface area contributed by atoms with Crippen molar-refractivity contribution in [2.24, 2.45) is 4.99 Å². The van der Waals surface area contributed by atoms with E-state index in [-0.39, 0.29) is 17.1 Å². The maximum absolute atomic E-state index is 12.7. The monoisotopic (exact) mass is 441 g/mol. The number of amides is 2. The minimum atomic E-state index is -5.04. The number of para-hydroxylation sites is 1. The van der Waals surface area contributed by atoms with Gasteiger partial charge < -0.3 is 15.4 Å². The molecule has 2 N–H and O–H groups in total. The van der Waals surface area contributed by atoms with Gasteiger partial charge in [0, 0.05) is 18.4 Å². The Balaban J connectivity index is 2.17. The fourth-order valence-corrected chi connectivity index (χ4v) is 3.70. The summed E-state index contributed by atoms with van der Waals surface area (Å²) >= 11 is 0. The smallest absolute Gasteiger partial charge is 0.404 e. The first kappa shape index (κ1) is 22.9. The lowest BCUT2D eigenvalue weighted by molar-refractivity contribution is -0.275. The molecule has 30 heavy (non-hydrogen) atoms. The Labute approximate surface area is 171 Å². The number of alkyl halides is 3. The number of carbonyl (C=O) groups is 1. The maximum Gasteiger partial charge on any atom is 0.573 e. The van der Waals surface area contributed by atoms with E-state index >= 15 is 0 Å². The number of urea groups is 1. The Kier molecular flexibility index (Phi) is 7.22. The van der Waals surface area contributed by atoms with Crippen LogP contribution in [0.4, 0.5) is 23.7 Å². The lowest BCUT2D eigenvalue weighted by atomic mass is 10.3. The third-order valence-electron chi connectivity index (χ3n) is 3.63. The number of hydrogen-bond donors (Lipinski definition) is 2. The molecule has 11 heteroatoms. The van der Waals surface area contributed by atoms with Gasteiger partial charge in [-0.25, -0.2) is 13.2 Å². The first-order valence-corrected chi connectivity index (χ1v) is 9.87. The van der Waals surface area contributed by atoms with Gasteiger partial charge in [0.2, 0.25) is 9.84 Å². The zero-order valence-corrected chi connectivity index (χ0v) is 16.5. The zero-order valence-electron chi connectivity index (χ0n) is 15.7. The molecule has 0 heterocycles. The molecule has 2 aromatic rings. The standard InChI is InChI=1S/C19H18F3N3O4S/c1-13(11-23-2)12-24-18(26)25-14-7-9-15(10-8-14)30(27,28)17-6-4-3-5-16(17)29-19(20,21)22/h3-11H,2,12H2,1H3,(H2,24,25,26)/b13-11+. The van der Waals surface area contributed by atoms with Crippen molar-refractivity contribution in [1.82, 2.24) is 5.32 Å². The summed E-state index contributed by atoms with van der Waals surface area (Å²) in [7, 11) is -4.29. The van der Waals surface area contributed by atoms with E-state index in [1.54, 1.807) is 6.92 Å². The highest BCUT2D eigenvalue weighted by atomic mass is 32.2. The number of nitrogens with one attached hydrogen (secondary N) is 2. The molecule has 0 unspecified atom stereocenters. The van der Waals surface area contributed by atoms with E-state index < -0.39 is 32.9 Å². The van der Waals surface area contributed by atoms with Crippen LogP contribution in [-0.4, -0.2) is 34.1 Å². The molecule has 0 aliphatic carbocycles. The lowest BCUT2D eigenvalue weighted by Gasteiger charge is -2.14. The largest absolute Gasteiger partial charge is 0.573 e. The van der Waals surface area contributed by atoms with Crippen molar-refractivity contribution in [2.45, 2.75) is 23.1 Å². The number of benzene rings is 2. The molecule has 0 aromatic heterocycles. The Bertz CT molecular complexity index is 1050. The van der Waals surface area contributed by atoms with Crippen molar-refractivity contribution in [3.63, 3.8) is 0 Å². The van der Waals surface area contributed by atoms with Crippen molar-refractivity contribution < 1.29 is 31.1 Å². The summed E-state index contributed by atoms with van der Waals surface area (Å²) in [5, 5.41) is 5.08. The maximum atomic E-state index is 12.7. The Hall–Kier alpha value is -3.34. The first-order chi connectivity index (χ1) is 14.0. The highest BCUT2D eigenvalue weighted by molar-refractivity contribution is 7.91. The average Bonchev–Trinajstić information content (AvgIpc) is 2.66. The molecule has 160 valence electrons. The molecular weight excluding hydrogens is 423 g/mol. The molecule has 0 spiro atoms. The predicted octanol–water partition coefficient (Wildman–Crippen LogP) is 4.14. The number of carbonyl (C=O) groups excluding carboxylic acids is 1. The quantitative estimate of drug-likeness (QED) is 0.631. The zero-order chi connectivity index (χ0) is 22.4. The summed E-state index contributed by atoms with van der Waals surface area (Å²) in [6, 6.07) is 8.88. The van der Waals surface area contributed by atoms with Crippen LogP contribution >= 0.6 is 0 Å². The summed E-state index contributed by atoms with van der Waals surface area (Å²) in [5.74, 6) is -0.830. The van der Waals surface area contributed by atoms with Gasteiger partial charge in [0.25, 0.3) is 0 Å². The summed E-state index contributed by atoms with van der Waals surface area (Å²) in [6.07, 6.45) is -3.55. The first-order valence-electron chi connectivity index (χ1n) is 8.39. The van der Waals surface area contributed by atoms with Gasteiger partial charge in [-0.3, -0.25) is 4.99 Å². The summed E-state index contributed by atoms with van der Waals surface area (Å²) < 4.78 is 67.0. The normalized spacial score (nSPS) is 12.2. The minimum Gasteiger partial charge on any atom is -0.404 e. The van der Waals surface area contributed by atoms with E-state index in [1.165, 1.54) is 42.6 Å². The number of rotatable bonds is 7. The summed E-state index contributed by atoms with van der Waals surface area (Å²) in [6.45, 7) is 5.28. The van der Waals surface area contributed by atoms with Gasteiger partial charge in [0.05, 0.1) is 4.90 Å². The lowest BCUT2D eigenvalue weighted by Crippen LogP contribution is -2.29. The van der Waals surface area contributed by atoms with Gasteiger partial charge >= 0.3 is 12.4 Å². The van der Waals surface area contributed by atoms with E-state index in [2.05, 4.69) is 27.1 Å². The summed E-state index contributed by atoms with van der Waals surface area (Å²) in [5.41, 5.74) is 1.05. The van der Waals surface area contributed by atoms with Crippen molar-refractivity contribution in [3.05, 3.63) is 60.3 Å². The molecule has 2 aromatic carbocycles. The molecule has 0 aliphatic rings. The van der Waals surface area contributed by atoms with E-state index in [1.807, 2.05) is 0 Å². The molecule has 0 aliphatic heterocycles. The molecule has 2 amide bonds. The van der Waals surface area contributed by atoms with E-state index in [0.717, 1.165) is 17.7 Å². The van der Waals surface area contributed by atoms with Crippen LogP contribution in [-0.2, 0) is 9.84 Å². The Morgan fingerprint density at radius 3 is 2.40 bits per heavy atom. The van der Waals surface area contributed by atoms with Crippen LogP contribution < -0.4 is 15.4 Å². The van der Waals surface area contributed by atoms with Crippen LogP contribution in [0.25, 0.3) is 0 Å². The van der Waals surface area contributed by atoms with Gasteiger partial charge in [0.15, 0.2) is 0 Å². The molecule has 0 fully saturated rings. The molecule has 2 rings (SSSR count). The number of hydrogen-bond acceptors (Lipinski definition) is 5. The third kappa shape index (κ3) is 6.34. The van der Waals surface area contributed by atoms with Crippen LogP contribution in [0.15, 0.2) is 75.1 Å². The fraction of sp³-hybridized carbons (Fsp3) is 0.158. The number of anilines is 1. The average molecular weight is 441 g/mol. The molecular formula is C19H18F3N3O4S. The van der Waals surface area contributed by atoms with Crippen molar-refractivity contribution >= 4 is 28.3 Å². The van der Waals surface area contributed by atoms with E-state index in [0.29, 0.717) is 0 Å². The van der Waals surface area contributed by atoms with Crippen molar-refractivity contribution in [1.29, 1.82) is 0 Å². The fourth-order valence-electron chi connectivity index (χ4n) is 2.32. The molecule has 0 radical (unpaired) electrons. The van der Waals surface area contributed by atoms with Crippen LogP contribution in [0.5, 0.6) is 5.75 Å². The van der Waals surface area contributed by atoms with Gasteiger partial charge in [0.1, 0.15) is 10.6 Å². The molecule has 0 bridgehead atoms. The second-order valence-electron chi connectivity index (χ2n) is 5.99. The number of aliphatic imine (C=N–C) groups is 1. The van der Waals surface area contributed by atoms with Gasteiger partial charge in [-0.2, -0.15) is 0 Å². The highest BCUT2D eigenvalue weighted by Crippen LogP contribution is 2.33. The van der Waals surface area contributed by atoms with E-state index in [4.69, 9.17) is 0 Å². The third-order valence-corrected chi connectivity index (χ3v) is 5.44.